The van der Waals surface area contributed by atoms with E-state index in [1.807, 2.05) is 12.1 Å². The molecule has 0 aliphatic carbocycles. The second-order valence-electron chi connectivity index (χ2n) is 6.00. The third-order valence-electron chi connectivity index (χ3n) is 4.00. The first-order valence-corrected chi connectivity index (χ1v) is 7.89. The van der Waals surface area contributed by atoms with Crippen molar-refractivity contribution in [1.82, 2.24) is 15.2 Å². The third kappa shape index (κ3) is 4.84. The van der Waals surface area contributed by atoms with E-state index < -0.39 is 11.9 Å². The van der Waals surface area contributed by atoms with E-state index >= 15 is 0 Å². The lowest BCUT2D eigenvalue weighted by Crippen LogP contribution is -2.40. The van der Waals surface area contributed by atoms with Gasteiger partial charge < -0.3 is 20.2 Å². The lowest BCUT2D eigenvalue weighted by atomic mass is 10.2. The highest BCUT2D eigenvalue weighted by Gasteiger charge is 2.17. The van der Waals surface area contributed by atoms with Crippen molar-refractivity contribution in [3.8, 4) is 0 Å². The summed E-state index contributed by atoms with van der Waals surface area (Å²) in [5.74, 6) is -0.525. The number of urea groups is 1. The number of aliphatic carboxylic acids is 1. The molecule has 0 radical (unpaired) electrons. The molecule has 0 aromatic carbocycles. The zero-order valence-electron chi connectivity index (χ0n) is 13.7. The normalized spacial score (nSPS) is 15.3. The first-order chi connectivity index (χ1) is 11.0. The van der Waals surface area contributed by atoms with Gasteiger partial charge >= 0.3 is 12.0 Å². The van der Waals surface area contributed by atoms with E-state index in [1.165, 1.54) is 17.7 Å². The Morgan fingerprint density at radius 2 is 2.09 bits per heavy atom. The highest BCUT2D eigenvalue weighted by molar-refractivity contribution is 5.75. The molecule has 7 nitrogen and oxygen atoms in total. The number of nitrogens with one attached hydrogen (secondary N) is 1. The van der Waals surface area contributed by atoms with Crippen LogP contribution in [0.25, 0.3) is 0 Å². The number of rotatable bonds is 6. The molecule has 1 aliphatic rings. The second kappa shape index (κ2) is 7.80. The zero-order chi connectivity index (χ0) is 16.8. The van der Waals surface area contributed by atoms with E-state index in [0.29, 0.717) is 6.54 Å². The monoisotopic (exact) mass is 320 g/mol. The summed E-state index contributed by atoms with van der Waals surface area (Å²) in [6.45, 7) is 4.23. The van der Waals surface area contributed by atoms with Crippen LogP contribution in [0.3, 0.4) is 0 Å². The number of anilines is 1. The minimum atomic E-state index is -0.911. The fraction of sp³-hybridized carbons (Fsp3) is 0.562. The van der Waals surface area contributed by atoms with Crippen LogP contribution >= 0.6 is 0 Å². The molecule has 1 saturated heterocycles. The van der Waals surface area contributed by atoms with E-state index in [9.17, 15) is 9.59 Å². The molecule has 1 aromatic heterocycles. The summed E-state index contributed by atoms with van der Waals surface area (Å²) in [6, 6.07) is 3.64. The summed E-state index contributed by atoms with van der Waals surface area (Å²) >= 11 is 0. The molecule has 126 valence electrons. The summed E-state index contributed by atoms with van der Waals surface area (Å²) in [7, 11) is 1.59. The summed E-state index contributed by atoms with van der Waals surface area (Å²) in [6.07, 6.45) is 4.19. The molecule has 0 bridgehead atoms. The van der Waals surface area contributed by atoms with E-state index in [-0.39, 0.29) is 12.6 Å². The Kier molecular flexibility index (Phi) is 5.78. The van der Waals surface area contributed by atoms with Gasteiger partial charge in [0.25, 0.3) is 0 Å². The van der Waals surface area contributed by atoms with Crippen LogP contribution in [0.1, 0.15) is 25.3 Å². The van der Waals surface area contributed by atoms with Crippen LogP contribution < -0.4 is 10.2 Å². The molecular formula is C16H24N4O3. The number of hydrogen-bond donors (Lipinski definition) is 2. The van der Waals surface area contributed by atoms with E-state index in [4.69, 9.17) is 5.11 Å². The molecule has 2 heterocycles. The molecule has 7 heteroatoms. The standard InChI is InChI=1S/C16H24N4O3/c1-12(15(21)22)11-19(2)16(23)18-10-13-5-6-14(17-9-13)20-7-3-4-8-20/h5-6,9,12H,3-4,7-8,10-11H2,1-2H3,(H,18,23)(H,21,22). The van der Waals surface area contributed by atoms with Gasteiger partial charge in [-0.15, -0.1) is 0 Å². The van der Waals surface area contributed by atoms with Crippen LogP contribution in [0.4, 0.5) is 10.6 Å². The Morgan fingerprint density at radius 1 is 1.39 bits per heavy atom. The van der Waals surface area contributed by atoms with Crippen molar-refractivity contribution in [1.29, 1.82) is 0 Å². The smallest absolute Gasteiger partial charge is 0.317 e. The largest absolute Gasteiger partial charge is 0.481 e. The molecule has 1 unspecified atom stereocenters. The van der Waals surface area contributed by atoms with Crippen molar-refractivity contribution < 1.29 is 14.7 Å². The maximum atomic E-state index is 11.9. The van der Waals surface area contributed by atoms with Gasteiger partial charge in [0, 0.05) is 39.4 Å². The van der Waals surface area contributed by atoms with Crippen molar-refractivity contribution in [3.63, 3.8) is 0 Å². The van der Waals surface area contributed by atoms with Gasteiger partial charge in [0.1, 0.15) is 5.82 Å². The van der Waals surface area contributed by atoms with Crippen molar-refractivity contribution in [2.45, 2.75) is 26.3 Å². The number of nitrogens with zero attached hydrogens (tertiary/aromatic N) is 3. The molecular weight excluding hydrogens is 296 g/mol. The highest BCUT2D eigenvalue weighted by atomic mass is 16.4. The van der Waals surface area contributed by atoms with Crippen LogP contribution in [0.2, 0.25) is 0 Å². The van der Waals surface area contributed by atoms with Crippen molar-refractivity contribution in [3.05, 3.63) is 23.9 Å². The van der Waals surface area contributed by atoms with Crippen molar-refractivity contribution in [2.75, 3.05) is 31.6 Å². The highest BCUT2D eigenvalue weighted by Crippen LogP contribution is 2.17. The minimum absolute atomic E-state index is 0.174. The predicted molar refractivity (Wildman–Crippen MR) is 87.3 cm³/mol. The number of carbonyl (C=O) groups is 2. The van der Waals surface area contributed by atoms with E-state index in [2.05, 4.69) is 15.2 Å². The van der Waals surface area contributed by atoms with E-state index in [0.717, 1.165) is 24.5 Å². The number of carboxylic acids is 1. The van der Waals surface area contributed by atoms with Gasteiger partial charge in [-0.1, -0.05) is 13.0 Å². The molecule has 2 rings (SSSR count). The molecule has 2 amide bonds. The van der Waals surface area contributed by atoms with E-state index in [1.54, 1.807) is 20.2 Å². The maximum Gasteiger partial charge on any atom is 0.317 e. The van der Waals surface area contributed by atoms with Crippen molar-refractivity contribution >= 4 is 17.8 Å². The van der Waals surface area contributed by atoms with Crippen LogP contribution in [-0.4, -0.2) is 53.7 Å². The van der Waals surface area contributed by atoms with Gasteiger partial charge in [-0.25, -0.2) is 9.78 Å². The first-order valence-electron chi connectivity index (χ1n) is 7.89. The Labute approximate surface area is 136 Å². The predicted octanol–water partition coefficient (Wildman–Crippen LogP) is 1.54. The van der Waals surface area contributed by atoms with Crippen LogP contribution in [0.5, 0.6) is 0 Å². The first kappa shape index (κ1) is 17.1. The van der Waals surface area contributed by atoms with Crippen LogP contribution in [0.15, 0.2) is 18.3 Å². The molecule has 1 aromatic rings. The molecule has 23 heavy (non-hydrogen) atoms. The lowest BCUT2D eigenvalue weighted by molar-refractivity contribution is -0.141. The van der Waals surface area contributed by atoms with Gasteiger partial charge in [0.2, 0.25) is 0 Å². The topological polar surface area (TPSA) is 85.8 Å². The summed E-state index contributed by atoms with van der Waals surface area (Å²) in [5.41, 5.74) is 0.918. The molecule has 2 N–H and O–H groups in total. The van der Waals surface area contributed by atoms with Gasteiger partial charge in [0.05, 0.1) is 5.92 Å². The summed E-state index contributed by atoms with van der Waals surface area (Å²) in [5, 5.41) is 11.6. The fourth-order valence-corrected chi connectivity index (χ4v) is 2.54. The molecule has 1 aliphatic heterocycles. The van der Waals surface area contributed by atoms with Gasteiger partial charge in [0.15, 0.2) is 0 Å². The SMILES string of the molecule is CC(CN(C)C(=O)NCc1ccc(N2CCCC2)nc1)C(=O)O. The number of hydrogen-bond acceptors (Lipinski definition) is 4. The molecule has 1 atom stereocenters. The quantitative estimate of drug-likeness (QED) is 0.830. The Hall–Kier alpha value is -2.31. The average Bonchev–Trinajstić information content (AvgIpc) is 3.07. The number of carbonyl (C=O) groups excluding carboxylic acids is 1. The number of amides is 2. The van der Waals surface area contributed by atoms with Crippen LogP contribution in [0, 0.1) is 5.92 Å². The van der Waals surface area contributed by atoms with Gasteiger partial charge in [-0.05, 0) is 24.5 Å². The number of pyridine rings is 1. The average molecular weight is 320 g/mol. The summed E-state index contributed by atoms with van der Waals surface area (Å²) < 4.78 is 0. The number of carboxylic acid groups (broad SMARTS) is 1. The lowest BCUT2D eigenvalue weighted by Gasteiger charge is -2.20. The Balaban J connectivity index is 1.80. The summed E-state index contributed by atoms with van der Waals surface area (Å²) in [4.78, 5) is 30.8. The molecule has 1 fully saturated rings. The fourth-order valence-electron chi connectivity index (χ4n) is 2.54. The zero-order valence-corrected chi connectivity index (χ0v) is 13.7. The van der Waals surface area contributed by atoms with Crippen LogP contribution in [-0.2, 0) is 11.3 Å². The van der Waals surface area contributed by atoms with Gasteiger partial charge in [-0.2, -0.15) is 0 Å². The maximum absolute atomic E-state index is 11.9. The van der Waals surface area contributed by atoms with Crippen molar-refractivity contribution in [2.24, 2.45) is 5.92 Å². The third-order valence-corrected chi connectivity index (χ3v) is 4.00. The Bertz CT molecular complexity index is 541. The number of aromatic nitrogens is 1. The Morgan fingerprint density at radius 3 is 2.65 bits per heavy atom. The molecule has 0 spiro atoms. The molecule has 0 saturated carbocycles. The second-order valence-corrected chi connectivity index (χ2v) is 6.00. The minimum Gasteiger partial charge on any atom is -0.481 e. The van der Waals surface area contributed by atoms with Gasteiger partial charge in [-0.3, -0.25) is 4.79 Å².